The van der Waals surface area contributed by atoms with E-state index < -0.39 is 5.97 Å². The second kappa shape index (κ2) is 6.68. The lowest BCUT2D eigenvalue weighted by Gasteiger charge is -2.57. The Kier molecular flexibility index (Phi) is 4.23. The Hall–Kier alpha value is -2.69. The summed E-state index contributed by atoms with van der Waals surface area (Å²) in [5.41, 5.74) is 3.72. The number of benzene rings is 1. The topological polar surface area (TPSA) is 83.3 Å². The fourth-order valence-corrected chi connectivity index (χ4v) is 6.53. The molecule has 2 N–H and O–H groups in total. The lowest BCUT2D eigenvalue weighted by atomic mass is 9.48. The molecule has 4 aliphatic rings. The normalized spacial score (nSPS) is 30.2. The molecule has 4 saturated carbocycles. The van der Waals surface area contributed by atoms with E-state index in [0.717, 1.165) is 40.5 Å². The van der Waals surface area contributed by atoms with Crippen LogP contribution in [0, 0.1) is 24.7 Å². The average molecular weight is 390 g/mol. The maximum Gasteiger partial charge on any atom is 0.328 e. The number of aromatic hydroxyl groups is 1. The van der Waals surface area contributed by atoms with E-state index in [-0.39, 0.29) is 5.41 Å². The van der Waals surface area contributed by atoms with Crippen molar-refractivity contribution < 1.29 is 15.0 Å². The van der Waals surface area contributed by atoms with Gasteiger partial charge < -0.3 is 10.2 Å². The minimum absolute atomic E-state index is 0.103. The summed E-state index contributed by atoms with van der Waals surface area (Å²) in [5, 5.41) is 19.6. The van der Waals surface area contributed by atoms with Crippen LogP contribution in [0.15, 0.2) is 30.6 Å². The van der Waals surface area contributed by atoms with Crippen molar-refractivity contribution in [2.24, 2.45) is 17.8 Å². The largest absolute Gasteiger partial charge is 0.508 e. The van der Waals surface area contributed by atoms with E-state index in [1.165, 1.54) is 44.6 Å². The number of aryl methyl sites for hydroxylation is 1. The fraction of sp³-hybridized carbons (Fsp3) is 0.458. The monoisotopic (exact) mass is 390 g/mol. The molecule has 1 aromatic carbocycles. The first-order chi connectivity index (χ1) is 13.9. The Morgan fingerprint density at radius 1 is 1.07 bits per heavy atom. The van der Waals surface area contributed by atoms with Crippen molar-refractivity contribution in [1.29, 1.82) is 0 Å². The molecule has 0 spiro atoms. The summed E-state index contributed by atoms with van der Waals surface area (Å²) in [6.07, 6.45) is 13.5. The SMILES string of the molecule is Cc1cc(O)c(C23CC4CC(CC(C4)C2)C3)cc1-c1ncc(C=CC(=O)O)cn1. The quantitative estimate of drug-likeness (QED) is 0.738. The Morgan fingerprint density at radius 2 is 1.66 bits per heavy atom. The maximum absolute atomic E-state index is 10.9. The van der Waals surface area contributed by atoms with Crippen LogP contribution in [-0.2, 0) is 10.2 Å². The predicted octanol–water partition coefficient (Wildman–Crippen LogP) is 4.72. The number of rotatable bonds is 4. The number of phenols is 1. The van der Waals surface area contributed by atoms with Gasteiger partial charge in [0.15, 0.2) is 5.82 Å². The minimum atomic E-state index is -0.997. The summed E-state index contributed by atoms with van der Waals surface area (Å²) in [5.74, 6) is 2.45. The van der Waals surface area contributed by atoms with Crippen LogP contribution in [0.25, 0.3) is 17.5 Å². The first kappa shape index (κ1) is 18.3. The molecule has 2 aromatic rings. The highest BCUT2D eigenvalue weighted by atomic mass is 16.4. The Labute approximate surface area is 170 Å². The summed E-state index contributed by atoms with van der Waals surface area (Å²) < 4.78 is 0. The zero-order valence-corrected chi connectivity index (χ0v) is 16.6. The summed E-state index contributed by atoms with van der Waals surface area (Å²) in [6, 6.07) is 3.99. The van der Waals surface area contributed by atoms with Crippen LogP contribution in [0.5, 0.6) is 5.75 Å². The van der Waals surface area contributed by atoms with Gasteiger partial charge in [0, 0.05) is 35.2 Å². The van der Waals surface area contributed by atoms with Crippen molar-refractivity contribution in [3.05, 3.63) is 47.3 Å². The molecular formula is C24H26N2O3. The first-order valence-electron chi connectivity index (χ1n) is 10.5. The van der Waals surface area contributed by atoms with Crippen LogP contribution >= 0.6 is 0 Å². The second-order valence-electron chi connectivity index (χ2n) is 9.39. The molecule has 4 fully saturated rings. The van der Waals surface area contributed by atoms with Gasteiger partial charge in [-0.2, -0.15) is 0 Å². The second-order valence-corrected chi connectivity index (χ2v) is 9.39. The van der Waals surface area contributed by atoms with Gasteiger partial charge in [-0.15, -0.1) is 0 Å². The fourth-order valence-electron chi connectivity index (χ4n) is 6.53. The molecule has 5 nitrogen and oxygen atoms in total. The number of aliphatic carboxylic acids is 1. The molecule has 1 heterocycles. The minimum Gasteiger partial charge on any atom is -0.508 e. The average Bonchev–Trinajstić information content (AvgIpc) is 2.66. The molecule has 0 amide bonds. The number of hydrogen-bond acceptors (Lipinski definition) is 4. The van der Waals surface area contributed by atoms with Gasteiger partial charge in [-0.3, -0.25) is 0 Å². The molecule has 150 valence electrons. The summed E-state index contributed by atoms with van der Waals surface area (Å²) in [4.78, 5) is 19.6. The molecule has 0 atom stereocenters. The number of phenolic OH excluding ortho intramolecular Hbond substituents is 1. The Bertz CT molecular complexity index is 959. The van der Waals surface area contributed by atoms with Gasteiger partial charge in [-0.25, -0.2) is 14.8 Å². The molecule has 6 rings (SSSR count). The van der Waals surface area contributed by atoms with E-state index >= 15 is 0 Å². The maximum atomic E-state index is 10.9. The summed E-state index contributed by atoms with van der Waals surface area (Å²) in [6.45, 7) is 1.97. The highest BCUT2D eigenvalue weighted by Gasteiger charge is 2.52. The number of nitrogens with zero attached hydrogens (tertiary/aromatic N) is 2. The van der Waals surface area contributed by atoms with Crippen molar-refractivity contribution >= 4 is 12.0 Å². The highest BCUT2D eigenvalue weighted by molar-refractivity contribution is 5.85. The van der Waals surface area contributed by atoms with Gasteiger partial charge in [-0.05, 0) is 92.4 Å². The van der Waals surface area contributed by atoms with E-state index in [1.807, 2.05) is 13.0 Å². The number of hydrogen-bond donors (Lipinski definition) is 2. The van der Waals surface area contributed by atoms with Crippen molar-refractivity contribution in [2.45, 2.75) is 50.9 Å². The number of aromatic nitrogens is 2. The molecule has 0 radical (unpaired) electrons. The number of carbonyl (C=O) groups is 1. The molecular weight excluding hydrogens is 364 g/mol. The number of carboxylic acids is 1. The molecule has 0 aliphatic heterocycles. The lowest BCUT2D eigenvalue weighted by Crippen LogP contribution is -2.48. The molecule has 0 unspecified atom stereocenters. The van der Waals surface area contributed by atoms with Crippen LogP contribution in [0.1, 0.15) is 55.2 Å². The lowest BCUT2D eigenvalue weighted by molar-refractivity contribution is -0.131. The molecule has 0 saturated heterocycles. The molecule has 4 aliphatic carbocycles. The van der Waals surface area contributed by atoms with Gasteiger partial charge in [0.05, 0.1) is 0 Å². The molecule has 1 aromatic heterocycles. The van der Waals surface area contributed by atoms with Crippen LogP contribution in [0.4, 0.5) is 0 Å². The van der Waals surface area contributed by atoms with Crippen LogP contribution < -0.4 is 0 Å². The van der Waals surface area contributed by atoms with Gasteiger partial charge in [0.2, 0.25) is 0 Å². The van der Waals surface area contributed by atoms with E-state index in [2.05, 4.69) is 16.0 Å². The Balaban J connectivity index is 1.52. The molecule has 29 heavy (non-hydrogen) atoms. The van der Waals surface area contributed by atoms with Crippen molar-refractivity contribution in [1.82, 2.24) is 9.97 Å². The third-order valence-corrected chi connectivity index (χ3v) is 7.28. The van der Waals surface area contributed by atoms with Crippen LogP contribution in [0.2, 0.25) is 0 Å². The van der Waals surface area contributed by atoms with E-state index in [1.54, 1.807) is 12.4 Å². The third kappa shape index (κ3) is 3.22. The Morgan fingerprint density at radius 3 is 2.21 bits per heavy atom. The summed E-state index contributed by atoms with van der Waals surface area (Å²) in [7, 11) is 0. The first-order valence-corrected chi connectivity index (χ1v) is 10.5. The van der Waals surface area contributed by atoms with Crippen molar-refractivity contribution in [3.63, 3.8) is 0 Å². The van der Waals surface area contributed by atoms with Gasteiger partial charge in [0.25, 0.3) is 0 Å². The van der Waals surface area contributed by atoms with Crippen LogP contribution in [0.3, 0.4) is 0 Å². The van der Waals surface area contributed by atoms with Crippen molar-refractivity contribution in [2.75, 3.05) is 0 Å². The van der Waals surface area contributed by atoms with E-state index in [9.17, 15) is 9.90 Å². The smallest absolute Gasteiger partial charge is 0.328 e. The third-order valence-electron chi connectivity index (χ3n) is 7.28. The standard InChI is InChI=1S/C24H26N2O3/c1-14-4-21(27)20(24-9-16-5-17(10-24)7-18(6-16)11-24)8-19(14)23-25-12-15(13-26-23)2-3-22(28)29/h2-4,8,12-13,16-18,27H,5-7,9-11H2,1H3,(H,28,29). The highest BCUT2D eigenvalue weighted by Crippen LogP contribution is 2.62. The molecule has 5 heteroatoms. The van der Waals surface area contributed by atoms with Crippen molar-refractivity contribution in [3.8, 4) is 17.1 Å². The van der Waals surface area contributed by atoms with E-state index in [0.29, 0.717) is 17.1 Å². The van der Waals surface area contributed by atoms with Gasteiger partial charge >= 0.3 is 5.97 Å². The summed E-state index contributed by atoms with van der Waals surface area (Å²) >= 11 is 0. The van der Waals surface area contributed by atoms with E-state index in [4.69, 9.17) is 5.11 Å². The van der Waals surface area contributed by atoms with Gasteiger partial charge in [0.1, 0.15) is 5.75 Å². The molecule has 4 bridgehead atoms. The zero-order chi connectivity index (χ0) is 20.2. The zero-order valence-electron chi connectivity index (χ0n) is 16.6. The van der Waals surface area contributed by atoms with Crippen LogP contribution in [-0.4, -0.2) is 26.2 Å². The van der Waals surface area contributed by atoms with Gasteiger partial charge in [-0.1, -0.05) is 0 Å². The number of carboxylic acid groups (broad SMARTS) is 1. The predicted molar refractivity (Wildman–Crippen MR) is 110 cm³/mol.